The van der Waals surface area contributed by atoms with E-state index in [1.165, 1.54) is 128 Å². The van der Waals surface area contributed by atoms with Gasteiger partial charge in [0.2, 0.25) is 0 Å². The highest BCUT2D eigenvalue weighted by Crippen LogP contribution is 2.28. The van der Waals surface area contributed by atoms with Crippen molar-refractivity contribution in [3.63, 3.8) is 0 Å². The predicted octanol–water partition coefficient (Wildman–Crippen LogP) is 13.9. The Hall–Kier alpha value is -2.43. The maximum absolute atomic E-state index is 6.19. The normalized spacial score (nSPS) is 13.1. The summed E-state index contributed by atoms with van der Waals surface area (Å²) in [6, 6.07) is 6.39. The third-order valence-electron chi connectivity index (χ3n) is 11.0. The van der Waals surface area contributed by atoms with Gasteiger partial charge in [0.05, 0.1) is 37.6 Å². The molecular weight excluding hydrogens is 741 g/mol. The van der Waals surface area contributed by atoms with E-state index in [1.54, 1.807) is 25.6 Å². The Labute approximate surface area is 359 Å². The molecule has 330 valence electrons. The second-order valence-electron chi connectivity index (χ2n) is 16.0. The van der Waals surface area contributed by atoms with E-state index in [9.17, 15) is 0 Å². The number of unbranched alkanes of at least 4 members (excludes halogenated alkanes) is 20. The number of benzene rings is 1. The van der Waals surface area contributed by atoms with Crippen molar-refractivity contribution in [1.82, 2.24) is 0 Å². The van der Waals surface area contributed by atoms with E-state index in [-0.39, 0.29) is 12.2 Å². The van der Waals surface area contributed by atoms with Crippen LogP contribution in [0, 0.1) is 6.92 Å². The summed E-state index contributed by atoms with van der Waals surface area (Å²) in [5, 5.41) is 12.0. The molecule has 2 aromatic rings. The van der Waals surface area contributed by atoms with Gasteiger partial charge in [-0.15, -0.1) is 0 Å². The third kappa shape index (κ3) is 25.9. The fraction of sp³-hybridized carbons (Fsp3) is 0.735. The van der Waals surface area contributed by atoms with Gasteiger partial charge in [0.15, 0.2) is 0 Å². The summed E-state index contributed by atoms with van der Waals surface area (Å²) in [6.07, 6.45) is 39.6. The van der Waals surface area contributed by atoms with E-state index in [1.807, 2.05) is 23.2 Å². The van der Waals surface area contributed by atoms with E-state index >= 15 is 0 Å². The van der Waals surface area contributed by atoms with Crippen LogP contribution in [0.5, 0.6) is 0 Å². The molecule has 0 fully saturated rings. The number of aromatic nitrogens is 1. The van der Waals surface area contributed by atoms with Crippen molar-refractivity contribution in [3.05, 3.63) is 59.6 Å². The number of allylic oxidation sites excluding steroid dienone is 4. The minimum absolute atomic E-state index is 0.0712. The number of aryl methyl sites for hydroxylation is 2. The maximum atomic E-state index is 6.19. The highest BCUT2D eigenvalue weighted by molar-refractivity contribution is 7.12. The van der Waals surface area contributed by atoms with E-state index in [0.29, 0.717) is 26.3 Å². The molecule has 8 nitrogen and oxygen atoms in total. The van der Waals surface area contributed by atoms with Crippen LogP contribution in [0.3, 0.4) is 0 Å². The van der Waals surface area contributed by atoms with E-state index in [4.69, 9.17) is 18.9 Å². The van der Waals surface area contributed by atoms with E-state index < -0.39 is 0 Å². The Bertz CT molecular complexity index is 1280. The van der Waals surface area contributed by atoms with Crippen LogP contribution < -0.4 is 9.47 Å². The molecule has 0 bridgehead atoms. The Kier molecular flexibility index (Phi) is 32.5. The van der Waals surface area contributed by atoms with Gasteiger partial charge >= 0.3 is 5.13 Å². The summed E-state index contributed by atoms with van der Waals surface area (Å²) >= 11 is 1.58. The van der Waals surface area contributed by atoms with Crippen LogP contribution in [0.2, 0.25) is 0 Å². The number of rotatable bonds is 39. The Balaban J connectivity index is 1.80. The molecule has 1 aromatic heterocycles. The quantitative estimate of drug-likeness (QED) is 0.0291. The molecule has 0 aliphatic heterocycles. The smallest absolute Gasteiger partial charge is 0.379 e. The standard InChI is InChI=1S/C49H85N4O4S/c1-7-9-11-13-15-17-19-21-23-25-27-29-31-36-56-42-46(54-5)40-53(45-33-34-48(44(3)39-45)50-51-49-52(4)35-38-58-49)41-47(55-6)43-57-37-32-30-28-26-24-22-20-18-16-14-12-10-8-2/h7-10,33-35,38-39,46-47H,11-32,36-37,40-43H2,1-6H3/q+1/b9-7+,10-8+. The van der Waals surface area contributed by atoms with Crippen molar-refractivity contribution in [1.29, 1.82) is 0 Å². The van der Waals surface area contributed by atoms with Crippen molar-refractivity contribution in [3.8, 4) is 0 Å². The van der Waals surface area contributed by atoms with Crippen LogP contribution in [-0.2, 0) is 26.0 Å². The van der Waals surface area contributed by atoms with Crippen molar-refractivity contribution in [2.45, 2.75) is 174 Å². The fourth-order valence-electron chi connectivity index (χ4n) is 7.16. The van der Waals surface area contributed by atoms with Gasteiger partial charge in [0, 0.05) is 51.6 Å². The number of hydrogen-bond acceptors (Lipinski definition) is 8. The second-order valence-corrected chi connectivity index (χ2v) is 16.9. The van der Waals surface area contributed by atoms with Gasteiger partial charge in [-0.25, -0.2) is 4.57 Å². The molecule has 2 unspecified atom stereocenters. The van der Waals surface area contributed by atoms with Crippen LogP contribution >= 0.6 is 11.3 Å². The Morgan fingerprint density at radius 3 is 1.48 bits per heavy atom. The Morgan fingerprint density at radius 1 is 0.638 bits per heavy atom. The average Bonchev–Trinajstić information content (AvgIpc) is 3.65. The molecule has 0 saturated carbocycles. The zero-order chi connectivity index (χ0) is 41.7. The monoisotopic (exact) mass is 826 g/mol. The molecule has 9 heteroatoms. The van der Waals surface area contributed by atoms with Gasteiger partial charge in [0.25, 0.3) is 0 Å². The lowest BCUT2D eigenvalue weighted by Crippen LogP contribution is -2.42. The molecule has 2 rings (SSSR count). The lowest BCUT2D eigenvalue weighted by molar-refractivity contribution is -0.654. The zero-order valence-electron chi connectivity index (χ0n) is 38.0. The van der Waals surface area contributed by atoms with Crippen molar-refractivity contribution in [2.75, 3.05) is 58.6 Å². The minimum Gasteiger partial charge on any atom is -0.379 e. The molecule has 0 N–H and O–H groups in total. The SMILES string of the molecule is C/C=C/CCCCCCCCCCCCOCC(CN(CC(COCCCCCCCCCCCC/C=C/C)OC)c1ccc(N=Nc2scc[n+]2C)c(C)c1)OC. The molecule has 0 spiro atoms. The molecular formula is C49H85N4O4S+. The molecule has 0 radical (unpaired) electrons. The number of methoxy groups -OCH3 is 2. The third-order valence-corrected chi connectivity index (χ3v) is 11.8. The molecule has 0 aliphatic carbocycles. The first kappa shape index (κ1) is 51.7. The lowest BCUT2D eigenvalue weighted by Gasteiger charge is -2.32. The lowest BCUT2D eigenvalue weighted by atomic mass is 10.1. The highest BCUT2D eigenvalue weighted by Gasteiger charge is 2.21. The van der Waals surface area contributed by atoms with E-state index in [2.05, 4.69) is 78.4 Å². The minimum atomic E-state index is -0.0712. The first-order valence-electron chi connectivity index (χ1n) is 23.2. The molecule has 58 heavy (non-hydrogen) atoms. The molecule has 2 atom stereocenters. The number of ether oxygens (including phenoxy) is 4. The molecule has 0 saturated heterocycles. The number of hydrogen-bond donors (Lipinski definition) is 0. The van der Waals surface area contributed by atoms with Crippen LogP contribution in [0.1, 0.15) is 161 Å². The summed E-state index contributed by atoms with van der Waals surface area (Å²) in [7, 11) is 5.57. The van der Waals surface area contributed by atoms with Crippen molar-refractivity contribution in [2.24, 2.45) is 17.3 Å². The number of nitrogens with zero attached hydrogens (tertiary/aromatic N) is 4. The van der Waals surface area contributed by atoms with Gasteiger partial charge in [-0.3, -0.25) is 0 Å². The van der Waals surface area contributed by atoms with Crippen LogP contribution in [0.4, 0.5) is 16.5 Å². The van der Waals surface area contributed by atoms with Gasteiger partial charge in [-0.05, 0) is 99.5 Å². The largest absolute Gasteiger partial charge is 0.408 e. The van der Waals surface area contributed by atoms with Crippen LogP contribution in [0.25, 0.3) is 0 Å². The number of anilines is 1. The summed E-state index contributed by atoms with van der Waals surface area (Å²) in [4.78, 5) is 2.35. The summed E-state index contributed by atoms with van der Waals surface area (Å²) in [5.41, 5.74) is 3.03. The first-order valence-corrected chi connectivity index (χ1v) is 24.0. The first-order chi connectivity index (χ1) is 28.5. The molecule has 0 amide bonds. The average molecular weight is 826 g/mol. The van der Waals surface area contributed by atoms with Gasteiger partial charge in [0.1, 0.15) is 11.9 Å². The van der Waals surface area contributed by atoms with Crippen LogP contribution in [-0.4, -0.2) is 65.9 Å². The molecule has 1 heterocycles. The van der Waals surface area contributed by atoms with Crippen molar-refractivity contribution < 1.29 is 23.5 Å². The van der Waals surface area contributed by atoms with Gasteiger partial charge < -0.3 is 23.8 Å². The topological polar surface area (TPSA) is 68.8 Å². The summed E-state index contributed by atoms with van der Waals surface area (Å²) < 4.78 is 26.4. The number of thiazole rings is 1. The van der Waals surface area contributed by atoms with Gasteiger partial charge in [-0.1, -0.05) is 127 Å². The summed E-state index contributed by atoms with van der Waals surface area (Å²) in [6.45, 7) is 10.4. The highest BCUT2D eigenvalue weighted by atomic mass is 32.1. The molecule has 1 aromatic carbocycles. The predicted molar refractivity (Wildman–Crippen MR) is 247 cm³/mol. The maximum Gasteiger partial charge on any atom is 0.408 e. The van der Waals surface area contributed by atoms with Crippen molar-refractivity contribution >= 4 is 27.8 Å². The van der Waals surface area contributed by atoms with E-state index in [0.717, 1.165) is 48.1 Å². The Morgan fingerprint density at radius 2 is 1.09 bits per heavy atom. The fourth-order valence-corrected chi connectivity index (χ4v) is 7.84. The number of azo groups is 1. The summed E-state index contributed by atoms with van der Waals surface area (Å²) in [5.74, 6) is 0. The van der Waals surface area contributed by atoms with Crippen LogP contribution in [0.15, 0.2) is 64.3 Å². The van der Waals surface area contributed by atoms with Gasteiger partial charge in [-0.2, -0.15) is 0 Å². The second kappa shape index (κ2) is 36.4. The molecule has 0 aliphatic rings. The zero-order valence-corrected chi connectivity index (χ0v) is 38.8.